The summed E-state index contributed by atoms with van der Waals surface area (Å²) in [7, 11) is 6.24. The summed E-state index contributed by atoms with van der Waals surface area (Å²) in [5.41, 5.74) is 18.5. The van der Waals surface area contributed by atoms with E-state index >= 15 is 0 Å². The number of amides is 1. The summed E-state index contributed by atoms with van der Waals surface area (Å²) in [4.78, 5) is 16.8. The minimum Gasteiger partial charge on any atom is -1.00 e. The number of hydrogen-bond acceptors (Lipinski definition) is 8. The van der Waals surface area contributed by atoms with Gasteiger partial charge >= 0.3 is 0 Å². The van der Waals surface area contributed by atoms with E-state index < -0.39 is 6.04 Å². The lowest BCUT2D eigenvalue weighted by atomic mass is 10.0. The predicted octanol–water partition coefficient (Wildman–Crippen LogP) is -0.882. The van der Waals surface area contributed by atoms with Gasteiger partial charge in [-0.05, 0) is 47.8 Å². The van der Waals surface area contributed by atoms with Crippen molar-refractivity contribution in [3.63, 3.8) is 0 Å². The van der Waals surface area contributed by atoms with Crippen molar-refractivity contribution >= 4 is 29.1 Å². The number of benzene rings is 2. The smallest absolute Gasteiger partial charge is 0.282 e. The maximum atomic E-state index is 12.8. The summed E-state index contributed by atoms with van der Waals surface area (Å²) >= 11 is 1.32. The van der Waals surface area contributed by atoms with Crippen molar-refractivity contribution in [1.29, 1.82) is 0 Å². The van der Waals surface area contributed by atoms with Gasteiger partial charge in [-0.15, -0.1) is 0 Å². The molecule has 0 fully saturated rings. The maximum Gasteiger partial charge on any atom is 0.282 e. The zero-order valence-corrected chi connectivity index (χ0v) is 23.3. The van der Waals surface area contributed by atoms with Gasteiger partial charge in [-0.25, -0.2) is 0 Å². The third-order valence-corrected chi connectivity index (χ3v) is 6.28. The van der Waals surface area contributed by atoms with Crippen molar-refractivity contribution in [2.45, 2.75) is 18.9 Å². The number of quaternary nitrogens is 1. The summed E-state index contributed by atoms with van der Waals surface area (Å²) in [5.74, 6) is 1.89. The molecule has 2 aromatic carbocycles. The topological polar surface area (TPSA) is 171 Å². The van der Waals surface area contributed by atoms with Crippen LogP contribution in [0, 0.1) is 0 Å². The van der Waals surface area contributed by atoms with E-state index in [2.05, 4.69) is 20.4 Å². The SMILES string of the molecule is COc1ccc(-c2csnc2-c2cc(OC)c(OC)c(OC)c2)cc1NC(=O)[C@H]([NH3+])CCCN=C(N)N.[Cl-]. The first-order valence-electron chi connectivity index (χ1n) is 11.4. The van der Waals surface area contributed by atoms with Crippen LogP contribution in [0.2, 0.25) is 0 Å². The van der Waals surface area contributed by atoms with Crippen molar-refractivity contribution in [3.05, 3.63) is 35.7 Å². The summed E-state index contributed by atoms with van der Waals surface area (Å²) < 4.78 is 26.6. The van der Waals surface area contributed by atoms with Gasteiger partial charge in [0.05, 0.1) is 39.8 Å². The number of rotatable bonds is 12. The molecule has 0 bridgehead atoms. The van der Waals surface area contributed by atoms with E-state index in [4.69, 9.17) is 30.4 Å². The molecular weight excluding hydrogens is 532 g/mol. The van der Waals surface area contributed by atoms with Gasteiger partial charge in [0, 0.05) is 29.5 Å². The van der Waals surface area contributed by atoms with Crippen molar-refractivity contribution in [3.8, 4) is 45.4 Å². The number of carbonyl (C=O) groups is 1. The molecule has 0 saturated carbocycles. The monoisotopic (exact) mass is 564 g/mol. The second-order valence-electron chi connectivity index (χ2n) is 8.04. The Hall–Kier alpha value is -3.74. The molecule has 1 atom stereocenters. The van der Waals surface area contributed by atoms with Crippen LogP contribution in [0.1, 0.15) is 12.8 Å². The molecule has 0 aliphatic heterocycles. The highest BCUT2D eigenvalue weighted by molar-refractivity contribution is 7.04. The Morgan fingerprint density at radius 1 is 1.03 bits per heavy atom. The summed E-state index contributed by atoms with van der Waals surface area (Å²) in [6.45, 7) is 0.440. The standard InChI is InChI=1S/C25H32N6O5S.ClH/c1-33-19-8-7-14(10-18(19)30-24(32)17(26)6-5-9-29-25(27)28)16-13-37-31-22(16)15-11-20(34-2)23(36-4)21(12-15)35-3;/h7-8,10-13,17H,5-6,9,26H2,1-4H3,(H,30,32)(H4,27,28,29);1H/t17-;/m1./s1. The second-order valence-corrected chi connectivity index (χ2v) is 8.67. The lowest BCUT2D eigenvalue weighted by Gasteiger charge is -2.15. The Kier molecular flexibility index (Phi) is 11.4. The van der Waals surface area contributed by atoms with Crippen LogP contribution in [0.15, 0.2) is 40.7 Å². The zero-order chi connectivity index (χ0) is 26.9. The number of ether oxygens (including phenoxy) is 4. The van der Waals surface area contributed by atoms with E-state index in [1.165, 1.54) is 11.5 Å². The molecule has 0 spiro atoms. The summed E-state index contributed by atoms with van der Waals surface area (Å²) in [6.07, 6.45) is 1.17. The molecule has 1 aromatic heterocycles. The first-order chi connectivity index (χ1) is 17.8. The quantitative estimate of drug-likeness (QED) is 0.125. The third kappa shape index (κ3) is 7.18. The van der Waals surface area contributed by atoms with Gasteiger partial charge in [-0.3, -0.25) is 9.79 Å². The molecular formula is C25H33ClN6O5S. The Morgan fingerprint density at radius 2 is 1.68 bits per heavy atom. The van der Waals surface area contributed by atoms with Crippen molar-refractivity contribution in [1.82, 2.24) is 4.37 Å². The largest absolute Gasteiger partial charge is 1.00 e. The van der Waals surface area contributed by atoms with Crippen LogP contribution >= 0.6 is 11.5 Å². The van der Waals surface area contributed by atoms with Crippen LogP contribution in [0.5, 0.6) is 23.0 Å². The van der Waals surface area contributed by atoms with Crippen molar-refractivity contribution in [2.75, 3.05) is 40.3 Å². The number of nitrogens with zero attached hydrogens (tertiary/aromatic N) is 2. The van der Waals surface area contributed by atoms with E-state index in [0.717, 1.165) is 22.4 Å². The summed E-state index contributed by atoms with van der Waals surface area (Å²) in [6, 6.07) is 8.78. The van der Waals surface area contributed by atoms with E-state index in [9.17, 15) is 4.79 Å². The van der Waals surface area contributed by atoms with Gasteiger partial charge in [0.25, 0.3) is 5.91 Å². The number of guanidine groups is 1. The van der Waals surface area contributed by atoms with E-state index in [1.54, 1.807) is 34.5 Å². The third-order valence-electron chi connectivity index (χ3n) is 5.65. The fraction of sp³-hybridized carbons (Fsp3) is 0.320. The van der Waals surface area contributed by atoms with Crippen molar-refractivity contribution in [2.24, 2.45) is 16.5 Å². The van der Waals surface area contributed by atoms with Gasteiger partial charge in [0.1, 0.15) is 5.75 Å². The van der Waals surface area contributed by atoms with Crippen molar-refractivity contribution < 1.29 is 41.9 Å². The lowest BCUT2D eigenvalue weighted by Crippen LogP contribution is -3.00. The molecule has 3 rings (SSSR count). The minimum absolute atomic E-state index is 0. The number of nitrogens with one attached hydrogen (secondary N) is 1. The average Bonchev–Trinajstić information content (AvgIpc) is 3.40. The fourth-order valence-electron chi connectivity index (χ4n) is 3.75. The molecule has 0 aliphatic carbocycles. The summed E-state index contributed by atoms with van der Waals surface area (Å²) in [5, 5.41) is 4.88. The fourth-order valence-corrected chi connectivity index (χ4v) is 4.47. The van der Waals surface area contributed by atoms with Crippen LogP contribution in [-0.2, 0) is 4.79 Å². The number of anilines is 1. The Bertz CT molecular complexity index is 1240. The molecule has 0 radical (unpaired) electrons. The number of aliphatic imine (C=N–C) groups is 1. The molecule has 13 heteroatoms. The van der Waals surface area contributed by atoms with Gasteiger partial charge in [-0.2, -0.15) is 4.37 Å². The molecule has 3 aromatic rings. The Labute approximate surface area is 231 Å². The van der Waals surface area contributed by atoms with Crippen LogP contribution in [-0.4, -0.2) is 57.3 Å². The van der Waals surface area contributed by atoms with E-state index in [0.29, 0.717) is 48.1 Å². The van der Waals surface area contributed by atoms with Gasteiger partial charge in [0.2, 0.25) is 5.75 Å². The number of hydrogen-bond donors (Lipinski definition) is 4. The zero-order valence-electron chi connectivity index (χ0n) is 21.7. The predicted molar refractivity (Wildman–Crippen MR) is 144 cm³/mol. The number of halogens is 1. The molecule has 1 heterocycles. The molecule has 206 valence electrons. The molecule has 11 nitrogen and oxygen atoms in total. The first kappa shape index (κ1) is 30.5. The van der Waals surface area contributed by atoms with Crippen LogP contribution in [0.25, 0.3) is 22.4 Å². The Balaban J connectivity index is 0.00000507. The highest BCUT2D eigenvalue weighted by Crippen LogP contribution is 2.44. The van der Waals surface area contributed by atoms with E-state index in [-0.39, 0.29) is 24.3 Å². The number of aromatic nitrogens is 1. The molecule has 8 N–H and O–H groups in total. The van der Waals surface area contributed by atoms with E-state index in [1.807, 2.05) is 29.6 Å². The molecule has 0 unspecified atom stereocenters. The molecule has 38 heavy (non-hydrogen) atoms. The Morgan fingerprint density at radius 3 is 2.26 bits per heavy atom. The van der Waals surface area contributed by atoms with Gasteiger partial charge in [0.15, 0.2) is 23.5 Å². The van der Waals surface area contributed by atoms with Crippen LogP contribution < -0.4 is 53.9 Å². The normalized spacial score (nSPS) is 11.1. The van der Waals surface area contributed by atoms with Crippen LogP contribution in [0.4, 0.5) is 5.69 Å². The minimum atomic E-state index is -0.486. The number of methoxy groups -OCH3 is 4. The highest BCUT2D eigenvalue weighted by atomic mass is 35.5. The molecule has 0 saturated heterocycles. The van der Waals surface area contributed by atoms with Gasteiger partial charge in [-0.1, -0.05) is 6.07 Å². The molecule has 0 aliphatic rings. The molecule has 1 amide bonds. The first-order valence-corrected chi connectivity index (χ1v) is 12.3. The maximum absolute atomic E-state index is 12.8. The highest BCUT2D eigenvalue weighted by Gasteiger charge is 2.21. The number of carbonyl (C=O) groups excluding carboxylic acids is 1. The van der Waals surface area contributed by atoms with Crippen LogP contribution in [0.3, 0.4) is 0 Å². The number of nitrogens with two attached hydrogens (primary N) is 2. The lowest BCUT2D eigenvalue weighted by molar-refractivity contribution is -0.403. The average molecular weight is 565 g/mol. The van der Waals surface area contributed by atoms with Gasteiger partial charge < -0.3 is 53.9 Å². The second kappa shape index (κ2) is 14.3.